The van der Waals surface area contributed by atoms with Crippen LogP contribution in [0.15, 0.2) is 0 Å². The van der Waals surface area contributed by atoms with Crippen LogP contribution in [0.3, 0.4) is 0 Å². The average Bonchev–Trinajstić information content (AvgIpc) is 2.51. The number of fused-ring (bicyclic) bond motifs is 1. The van der Waals surface area contributed by atoms with Crippen molar-refractivity contribution >= 4 is 11.8 Å². The number of piperidine rings is 1. The lowest BCUT2D eigenvalue weighted by Gasteiger charge is -2.34. The Labute approximate surface area is 108 Å². The van der Waals surface area contributed by atoms with Gasteiger partial charge in [-0.15, -0.1) is 0 Å². The molecule has 2 rings (SSSR count). The molecule has 18 heavy (non-hydrogen) atoms. The van der Waals surface area contributed by atoms with Gasteiger partial charge < -0.3 is 14.5 Å². The Bertz CT molecular complexity index is 332. The van der Waals surface area contributed by atoms with Crippen LogP contribution in [-0.4, -0.2) is 60.5 Å². The van der Waals surface area contributed by atoms with Crippen molar-refractivity contribution in [2.24, 2.45) is 0 Å². The second-order valence-electron chi connectivity index (χ2n) is 5.18. The van der Waals surface area contributed by atoms with Crippen LogP contribution >= 0.6 is 0 Å². The molecule has 2 amide bonds. The highest BCUT2D eigenvalue weighted by atomic mass is 16.5. The van der Waals surface area contributed by atoms with Crippen LogP contribution in [0.5, 0.6) is 0 Å². The van der Waals surface area contributed by atoms with E-state index in [1.165, 1.54) is 0 Å². The first-order chi connectivity index (χ1) is 8.63. The summed E-state index contributed by atoms with van der Waals surface area (Å²) in [6.45, 7) is 3.78. The summed E-state index contributed by atoms with van der Waals surface area (Å²) in [7, 11) is 1.64. The van der Waals surface area contributed by atoms with E-state index < -0.39 is 0 Å². The van der Waals surface area contributed by atoms with Gasteiger partial charge in [0.25, 0.3) is 0 Å². The van der Waals surface area contributed by atoms with Crippen molar-refractivity contribution in [1.29, 1.82) is 0 Å². The molecule has 0 bridgehead atoms. The van der Waals surface area contributed by atoms with Crippen LogP contribution in [0.1, 0.15) is 32.6 Å². The molecule has 0 aliphatic carbocycles. The Balaban J connectivity index is 2.10. The lowest BCUT2D eigenvalue weighted by atomic mass is 10.0. The lowest BCUT2D eigenvalue weighted by molar-refractivity contribution is -0.143. The zero-order chi connectivity index (χ0) is 13.1. The number of hydrogen-bond donors (Lipinski definition) is 0. The molecule has 2 saturated heterocycles. The van der Waals surface area contributed by atoms with Gasteiger partial charge in [-0.05, 0) is 26.2 Å². The quantitative estimate of drug-likeness (QED) is 0.742. The molecule has 0 saturated carbocycles. The molecule has 0 N–H and O–H groups in total. The molecule has 0 radical (unpaired) electrons. The lowest BCUT2D eigenvalue weighted by Crippen LogP contribution is -2.50. The van der Waals surface area contributed by atoms with Crippen molar-refractivity contribution in [3.8, 4) is 0 Å². The van der Waals surface area contributed by atoms with Gasteiger partial charge in [0, 0.05) is 33.2 Å². The normalized spacial score (nSPS) is 26.9. The molecule has 2 fully saturated rings. The van der Waals surface area contributed by atoms with Gasteiger partial charge in [-0.3, -0.25) is 9.59 Å². The van der Waals surface area contributed by atoms with E-state index in [1.807, 2.05) is 6.92 Å². The Hall–Kier alpha value is -1.10. The van der Waals surface area contributed by atoms with E-state index in [4.69, 9.17) is 4.74 Å². The van der Waals surface area contributed by atoms with E-state index >= 15 is 0 Å². The highest BCUT2D eigenvalue weighted by Gasteiger charge is 2.37. The summed E-state index contributed by atoms with van der Waals surface area (Å²) in [4.78, 5) is 28.0. The molecule has 2 unspecified atom stereocenters. The Kier molecular flexibility index (Phi) is 4.22. The maximum absolute atomic E-state index is 12.5. The molecule has 0 aromatic rings. The minimum Gasteiger partial charge on any atom is -0.380 e. The number of ether oxygens (including phenoxy) is 1. The van der Waals surface area contributed by atoms with Gasteiger partial charge in [0.05, 0.1) is 6.10 Å². The zero-order valence-corrected chi connectivity index (χ0v) is 11.2. The largest absolute Gasteiger partial charge is 0.380 e. The van der Waals surface area contributed by atoms with Gasteiger partial charge in [0.1, 0.15) is 6.04 Å². The van der Waals surface area contributed by atoms with Crippen LogP contribution in [0, 0.1) is 0 Å². The fraction of sp³-hybridized carbons (Fsp3) is 0.846. The van der Waals surface area contributed by atoms with Gasteiger partial charge >= 0.3 is 0 Å². The molecule has 0 spiro atoms. The van der Waals surface area contributed by atoms with Crippen molar-refractivity contribution in [2.45, 2.75) is 44.8 Å². The van der Waals surface area contributed by atoms with Gasteiger partial charge in [-0.25, -0.2) is 0 Å². The third-order valence-corrected chi connectivity index (χ3v) is 3.90. The molecule has 102 valence electrons. The summed E-state index contributed by atoms with van der Waals surface area (Å²) in [5.41, 5.74) is 0. The van der Waals surface area contributed by atoms with Crippen molar-refractivity contribution in [2.75, 3.05) is 26.7 Å². The fourth-order valence-electron chi connectivity index (χ4n) is 2.75. The number of hydrogen-bond acceptors (Lipinski definition) is 3. The summed E-state index contributed by atoms with van der Waals surface area (Å²) in [5, 5.41) is 0. The molecule has 2 atom stereocenters. The third-order valence-electron chi connectivity index (χ3n) is 3.90. The molecule has 0 aromatic heterocycles. The van der Waals surface area contributed by atoms with E-state index in [-0.39, 0.29) is 24.0 Å². The monoisotopic (exact) mass is 254 g/mol. The van der Waals surface area contributed by atoms with Crippen molar-refractivity contribution in [3.63, 3.8) is 0 Å². The average molecular weight is 254 g/mol. The second kappa shape index (κ2) is 5.69. The van der Waals surface area contributed by atoms with Crippen molar-refractivity contribution < 1.29 is 14.3 Å². The Morgan fingerprint density at radius 3 is 2.83 bits per heavy atom. The topological polar surface area (TPSA) is 49.9 Å². The summed E-state index contributed by atoms with van der Waals surface area (Å²) >= 11 is 0. The third kappa shape index (κ3) is 2.66. The molecule has 5 nitrogen and oxygen atoms in total. The van der Waals surface area contributed by atoms with Gasteiger partial charge in [0.15, 0.2) is 0 Å². The van der Waals surface area contributed by atoms with Gasteiger partial charge in [0.2, 0.25) is 11.8 Å². The number of carbonyl (C=O) groups excluding carboxylic acids is 2. The highest BCUT2D eigenvalue weighted by molar-refractivity contribution is 5.90. The SMILES string of the molecule is COC(C)CN1CCC(=O)N2CCCCC2C1=O. The summed E-state index contributed by atoms with van der Waals surface area (Å²) < 4.78 is 5.21. The van der Waals surface area contributed by atoms with Crippen LogP contribution in [0.4, 0.5) is 0 Å². The van der Waals surface area contributed by atoms with E-state index in [0.29, 0.717) is 19.5 Å². The predicted octanol–water partition coefficient (Wildman–Crippen LogP) is 0.635. The van der Waals surface area contributed by atoms with Crippen molar-refractivity contribution in [3.05, 3.63) is 0 Å². The van der Waals surface area contributed by atoms with Gasteiger partial charge in [-0.2, -0.15) is 0 Å². The van der Waals surface area contributed by atoms with E-state index in [1.54, 1.807) is 16.9 Å². The highest BCUT2D eigenvalue weighted by Crippen LogP contribution is 2.23. The van der Waals surface area contributed by atoms with Crippen LogP contribution in [0.2, 0.25) is 0 Å². The first-order valence-corrected chi connectivity index (χ1v) is 6.74. The van der Waals surface area contributed by atoms with E-state index in [9.17, 15) is 9.59 Å². The number of rotatable bonds is 3. The molecule has 2 heterocycles. The second-order valence-corrected chi connectivity index (χ2v) is 5.18. The van der Waals surface area contributed by atoms with E-state index in [2.05, 4.69) is 0 Å². The number of methoxy groups -OCH3 is 1. The predicted molar refractivity (Wildman–Crippen MR) is 67.0 cm³/mol. The Morgan fingerprint density at radius 1 is 1.33 bits per heavy atom. The standard InChI is InChI=1S/C13H22N2O3/c1-10(18-2)9-14-8-6-12(16)15-7-4-3-5-11(15)13(14)17/h10-11H,3-9H2,1-2H3. The number of amides is 2. The Morgan fingerprint density at radius 2 is 2.11 bits per heavy atom. The van der Waals surface area contributed by atoms with Crippen LogP contribution < -0.4 is 0 Å². The van der Waals surface area contributed by atoms with Gasteiger partial charge in [-0.1, -0.05) is 0 Å². The molecular formula is C13H22N2O3. The number of nitrogens with zero attached hydrogens (tertiary/aromatic N) is 2. The summed E-state index contributed by atoms with van der Waals surface area (Å²) in [6.07, 6.45) is 3.32. The minimum atomic E-state index is -0.224. The maximum Gasteiger partial charge on any atom is 0.245 e. The molecule has 2 aliphatic rings. The first-order valence-electron chi connectivity index (χ1n) is 6.74. The molecular weight excluding hydrogens is 232 g/mol. The zero-order valence-electron chi connectivity index (χ0n) is 11.2. The maximum atomic E-state index is 12.5. The smallest absolute Gasteiger partial charge is 0.245 e. The first kappa shape index (κ1) is 13.3. The summed E-state index contributed by atoms with van der Waals surface area (Å²) in [6, 6.07) is -0.224. The number of carbonyl (C=O) groups is 2. The van der Waals surface area contributed by atoms with Crippen LogP contribution in [-0.2, 0) is 14.3 Å². The minimum absolute atomic E-state index is 0.0131. The van der Waals surface area contributed by atoms with Crippen molar-refractivity contribution in [1.82, 2.24) is 9.80 Å². The fourth-order valence-corrected chi connectivity index (χ4v) is 2.75. The van der Waals surface area contributed by atoms with Crippen LogP contribution in [0.25, 0.3) is 0 Å². The molecule has 5 heteroatoms. The van der Waals surface area contributed by atoms with E-state index in [0.717, 1.165) is 25.8 Å². The molecule has 2 aliphatic heterocycles. The summed E-state index contributed by atoms with van der Waals surface area (Å²) in [5.74, 6) is 0.227. The molecule has 0 aromatic carbocycles.